The first kappa shape index (κ1) is 16.1. The van der Waals surface area contributed by atoms with E-state index >= 15 is 0 Å². The average Bonchev–Trinajstić information content (AvgIpc) is 2.56. The Labute approximate surface area is 138 Å². The van der Waals surface area contributed by atoms with E-state index in [2.05, 4.69) is 5.32 Å². The number of nitrogens with zero attached hydrogens (tertiary/aromatic N) is 1. The van der Waals surface area contributed by atoms with Crippen LogP contribution in [0.2, 0.25) is 0 Å². The molecule has 2 aromatic carbocycles. The predicted octanol–water partition coefficient (Wildman–Crippen LogP) is 2.34. The Morgan fingerprint density at radius 2 is 2.00 bits per heavy atom. The number of carbonyl (C=O) groups excluding carboxylic acids is 2. The molecule has 1 N–H and O–H groups in total. The fourth-order valence-electron chi connectivity index (χ4n) is 2.88. The van der Waals surface area contributed by atoms with E-state index in [0.29, 0.717) is 0 Å². The van der Waals surface area contributed by atoms with Gasteiger partial charge < -0.3 is 10.2 Å². The summed E-state index contributed by atoms with van der Waals surface area (Å²) in [7, 11) is 1.56. The smallest absolute Gasteiger partial charge is 0.247 e. The van der Waals surface area contributed by atoms with Gasteiger partial charge >= 0.3 is 0 Å². The third-order valence-corrected chi connectivity index (χ3v) is 4.18. The first-order valence-corrected chi connectivity index (χ1v) is 7.52. The van der Waals surface area contributed by atoms with Crippen LogP contribution in [-0.2, 0) is 22.6 Å². The minimum atomic E-state index is -0.779. The monoisotopic (exact) mass is 330 g/mol. The van der Waals surface area contributed by atoms with Gasteiger partial charge in [0.15, 0.2) is 0 Å². The molecule has 0 spiro atoms. The van der Waals surface area contributed by atoms with Gasteiger partial charge in [0.25, 0.3) is 0 Å². The van der Waals surface area contributed by atoms with Crippen LogP contribution in [0.1, 0.15) is 22.7 Å². The molecule has 2 amide bonds. The van der Waals surface area contributed by atoms with Gasteiger partial charge in [-0.15, -0.1) is 0 Å². The lowest BCUT2D eigenvalue weighted by Gasteiger charge is -2.33. The van der Waals surface area contributed by atoms with Crippen molar-refractivity contribution in [1.29, 1.82) is 0 Å². The molecule has 0 bridgehead atoms. The van der Waals surface area contributed by atoms with E-state index in [0.717, 1.165) is 29.3 Å². The molecular formula is C18H16F2N2O2. The highest BCUT2D eigenvalue weighted by Gasteiger charge is 2.34. The average molecular weight is 330 g/mol. The van der Waals surface area contributed by atoms with Gasteiger partial charge in [-0.2, -0.15) is 0 Å². The van der Waals surface area contributed by atoms with Crippen molar-refractivity contribution in [3.05, 3.63) is 70.8 Å². The summed E-state index contributed by atoms with van der Waals surface area (Å²) in [5, 5.41) is 2.59. The van der Waals surface area contributed by atoms with Crippen molar-refractivity contribution in [3.8, 4) is 0 Å². The second kappa shape index (κ2) is 6.39. The zero-order chi connectivity index (χ0) is 17.3. The normalized spacial score (nSPS) is 16.7. The first-order chi connectivity index (χ1) is 11.5. The highest BCUT2D eigenvalue weighted by atomic mass is 19.1. The molecule has 0 aliphatic carbocycles. The van der Waals surface area contributed by atoms with Gasteiger partial charge in [0.1, 0.15) is 17.7 Å². The molecule has 2 aromatic rings. The molecular weight excluding hydrogens is 314 g/mol. The molecule has 1 aliphatic heterocycles. The Morgan fingerprint density at radius 3 is 2.79 bits per heavy atom. The molecule has 124 valence electrons. The number of likely N-dealkylation sites (N-methyl/N-ethyl adjacent to an activating group) is 1. The van der Waals surface area contributed by atoms with Gasteiger partial charge in [0.2, 0.25) is 11.8 Å². The lowest BCUT2D eigenvalue weighted by atomic mass is 9.92. The standard InChI is InChI=1S/C18H16F2N2O2/c1-22-16(23)9-11-4-2-3-5-14(11)17(22)18(24)21-10-12-8-13(19)6-7-15(12)20/h2-8,17H,9-10H2,1H3,(H,21,24)/t17-/m0/s1. The number of amides is 2. The van der Waals surface area contributed by atoms with Crippen molar-refractivity contribution in [3.63, 3.8) is 0 Å². The number of benzene rings is 2. The number of carbonyl (C=O) groups is 2. The molecule has 1 atom stereocenters. The fraction of sp³-hybridized carbons (Fsp3) is 0.222. The molecule has 0 saturated heterocycles. The maximum atomic E-state index is 13.7. The van der Waals surface area contributed by atoms with Crippen LogP contribution in [0.3, 0.4) is 0 Å². The van der Waals surface area contributed by atoms with Crippen LogP contribution in [0.15, 0.2) is 42.5 Å². The molecule has 1 aliphatic rings. The summed E-state index contributed by atoms with van der Waals surface area (Å²) in [5.74, 6) is -1.76. The van der Waals surface area contributed by atoms with Crippen LogP contribution < -0.4 is 5.32 Å². The van der Waals surface area contributed by atoms with Gasteiger partial charge in [-0.05, 0) is 29.3 Å². The Bertz CT molecular complexity index is 807. The van der Waals surface area contributed by atoms with Crippen LogP contribution >= 0.6 is 0 Å². The molecule has 4 nitrogen and oxygen atoms in total. The van der Waals surface area contributed by atoms with Gasteiger partial charge in [-0.1, -0.05) is 24.3 Å². The molecule has 0 fully saturated rings. The summed E-state index contributed by atoms with van der Waals surface area (Å²) in [4.78, 5) is 26.0. The largest absolute Gasteiger partial charge is 0.350 e. The molecule has 0 saturated carbocycles. The van der Waals surface area contributed by atoms with E-state index < -0.39 is 23.6 Å². The number of rotatable bonds is 3. The quantitative estimate of drug-likeness (QED) is 0.939. The summed E-state index contributed by atoms with van der Waals surface area (Å²) in [5.41, 5.74) is 1.61. The summed E-state index contributed by atoms with van der Waals surface area (Å²) < 4.78 is 26.9. The number of nitrogens with one attached hydrogen (secondary N) is 1. The van der Waals surface area contributed by atoms with E-state index in [4.69, 9.17) is 0 Å². The SMILES string of the molecule is CN1C(=O)Cc2ccccc2[C@H]1C(=O)NCc1cc(F)ccc1F. The van der Waals surface area contributed by atoms with Crippen LogP contribution in [0.4, 0.5) is 8.78 Å². The van der Waals surface area contributed by atoms with Gasteiger partial charge in [-0.3, -0.25) is 9.59 Å². The molecule has 3 rings (SSSR count). The van der Waals surface area contributed by atoms with E-state index in [1.165, 1.54) is 4.90 Å². The lowest BCUT2D eigenvalue weighted by molar-refractivity contribution is -0.140. The van der Waals surface area contributed by atoms with Crippen molar-refractivity contribution >= 4 is 11.8 Å². The molecule has 0 unspecified atom stereocenters. The van der Waals surface area contributed by atoms with Gasteiger partial charge in [-0.25, -0.2) is 8.78 Å². The summed E-state index contributed by atoms with van der Waals surface area (Å²) >= 11 is 0. The third kappa shape index (κ3) is 2.99. The summed E-state index contributed by atoms with van der Waals surface area (Å²) in [6.45, 7) is -0.150. The van der Waals surface area contributed by atoms with Crippen molar-refractivity contribution < 1.29 is 18.4 Å². The van der Waals surface area contributed by atoms with Crippen LogP contribution in [0, 0.1) is 11.6 Å². The first-order valence-electron chi connectivity index (χ1n) is 7.52. The zero-order valence-electron chi connectivity index (χ0n) is 13.1. The number of hydrogen-bond acceptors (Lipinski definition) is 2. The van der Waals surface area contributed by atoms with E-state index in [9.17, 15) is 18.4 Å². The topological polar surface area (TPSA) is 49.4 Å². The third-order valence-electron chi connectivity index (χ3n) is 4.18. The van der Waals surface area contributed by atoms with Gasteiger partial charge in [0.05, 0.1) is 6.42 Å². The maximum Gasteiger partial charge on any atom is 0.247 e. The van der Waals surface area contributed by atoms with Crippen molar-refractivity contribution in [2.45, 2.75) is 19.0 Å². The molecule has 0 radical (unpaired) electrons. The molecule has 1 heterocycles. The Balaban J connectivity index is 1.81. The van der Waals surface area contributed by atoms with Crippen LogP contribution in [0.5, 0.6) is 0 Å². The zero-order valence-corrected chi connectivity index (χ0v) is 13.1. The Hall–Kier alpha value is -2.76. The summed E-state index contributed by atoms with van der Waals surface area (Å²) in [6.07, 6.45) is 0.245. The van der Waals surface area contributed by atoms with Crippen LogP contribution in [0.25, 0.3) is 0 Å². The Kier molecular flexibility index (Phi) is 4.29. The highest BCUT2D eigenvalue weighted by molar-refractivity contribution is 5.92. The Morgan fingerprint density at radius 1 is 1.25 bits per heavy atom. The van der Waals surface area contributed by atoms with Crippen molar-refractivity contribution in [2.24, 2.45) is 0 Å². The number of fused-ring (bicyclic) bond motifs is 1. The minimum absolute atomic E-state index is 0.0569. The summed E-state index contributed by atoms with van der Waals surface area (Å²) in [6, 6.07) is 9.52. The lowest BCUT2D eigenvalue weighted by Crippen LogP contribution is -2.45. The fourth-order valence-corrected chi connectivity index (χ4v) is 2.88. The second-order valence-electron chi connectivity index (χ2n) is 5.74. The maximum absolute atomic E-state index is 13.7. The van der Waals surface area contributed by atoms with E-state index in [1.54, 1.807) is 19.2 Å². The molecule has 6 heteroatoms. The van der Waals surface area contributed by atoms with E-state index in [1.807, 2.05) is 12.1 Å². The number of halogens is 2. The minimum Gasteiger partial charge on any atom is -0.350 e. The molecule has 24 heavy (non-hydrogen) atoms. The van der Waals surface area contributed by atoms with Crippen LogP contribution in [-0.4, -0.2) is 23.8 Å². The van der Waals surface area contributed by atoms with Gasteiger partial charge in [0, 0.05) is 19.2 Å². The molecule has 0 aromatic heterocycles. The van der Waals surface area contributed by atoms with Crippen molar-refractivity contribution in [1.82, 2.24) is 10.2 Å². The van der Waals surface area contributed by atoms with Crippen molar-refractivity contribution in [2.75, 3.05) is 7.05 Å². The highest BCUT2D eigenvalue weighted by Crippen LogP contribution is 2.29. The predicted molar refractivity (Wildman–Crippen MR) is 83.9 cm³/mol. The second-order valence-corrected chi connectivity index (χ2v) is 5.74. The van der Waals surface area contributed by atoms with E-state index in [-0.39, 0.29) is 24.4 Å². The number of hydrogen-bond donors (Lipinski definition) is 1.